The summed E-state index contributed by atoms with van der Waals surface area (Å²) in [7, 11) is 3.36. The number of aliphatic imine (C=N–C) groups is 1. The minimum Gasteiger partial charge on any atom is -0.497 e. The van der Waals surface area contributed by atoms with Crippen molar-refractivity contribution in [2.45, 2.75) is 0 Å². The van der Waals surface area contributed by atoms with Crippen LogP contribution in [0.15, 0.2) is 58.8 Å². The van der Waals surface area contributed by atoms with Crippen molar-refractivity contribution < 1.29 is 4.74 Å². The molecule has 0 unspecified atom stereocenters. The van der Waals surface area contributed by atoms with Gasteiger partial charge in [-0.15, -0.1) is 0 Å². The maximum Gasteiger partial charge on any atom is 0.119 e. The van der Waals surface area contributed by atoms with Crippen molar-refractivity contribution in [3.8, 4) is 0 Å². The Morgan fingerprint density at radius 2 is 1.84 bits per heavy atom. The molecule has 4 N–H and O–H groups in total. The molecule has 1 aromatic rings. The first kappa shape index (κ1) is 13.0. The van der Waals surface area contributed by atoms with Gasteiger partial charge in [0.1, 0.15) is 5.76 Å². The monoisotopic (exact) mass is 255 g/mol. The minimum absolute atomic E-state index is 0.652. The van der Waals surface area contributed by atoms with Gasteiger partial charge in [0.05, 0.1) is 12.8 Å². The molecule has 4 nitrogen and oxygen atoms in total. The molecule has 0 atom stereocenters. The zero-order valence-electron chi connectivity index (χ0n) is 11.1. The molecule has 0 fully saturated rings. The van der Waals surface area contributed by atoms with Gasteiger partial charge in [-0.2, -0.15) is 0 Å². The number of benzene rings is 1. The molecule has 0 bridgehead atoms. The first-order chi connectivity index (χ1) is 9.15. The van der Waals surface area contributed by atoms with Crippen molar-refractivity contribution in [2.75, 3.05) is 19.9 Å². The highest BCUT2D eigenvalue weighted by molar-refractivity contribution is 6.16. The molecule has 1 aromatic carbocycles. The molecule has 0 radical (unpaired) electrons. The number of nitrogens with two attached hydrogens (primary N) is 2. The SMILES string of the molecule is C/N=C1/C=CC(OC)=C/C1=C(\N)c1ccc(N)cc1. The van der Waals surface area contributed by atoms with Crippen LogP contribution in [0.4, 0.5) is 5.69 Å². The summed E-state index contributed by atoms with van der Waals surface area (Å²) in [6.07, 6.45) is 5.63. The number of rotatable bonds is 2. The molecule has 0 amide bonds. The van der Waals surface area contributed by atoms with E-state index in [0.29, 0.717) is 11.4 Å². The second-order valence-corrected chi connectivity index (χ2v) is 4.14. The van der Waals surface area contributed by atoms with Crippen LogP contribution in [0.2, 0.25) is 0 Å². The second kappa shape index (κ2) is 5.44. The van der Waals surface area contributed by atoms with Gasteiger partial charge in [-0.05, 0) is 35.9 Å². The molecule has 0 aromatic heterocycles. The lowest BCUT2D eigenvalue weighted by Crippen LogP contribution is -2.11. The molecule has 0 saturated heterocycles. The van der Waals surface area contributed by atoms with Crippen LogP contribution in [0.3, 0.4) is 0 Å². The Morgan fingerprint density at radius 1 is 1.16 bits per heavy atom. The highest BCUT2D eigenvalue weighted by Gasteiger charge is 2.13. The van der Waals surface area contributed by atoms with Crippen molar-refractivity contribution in [2.24, 2.45) is 10.7 Å². The van der Waals surface area contributed by atoms with Crippen LogP contribution in [0.5, 0.6) is 0 Å². The second-order valence-electron chi connectivity index (χ2n) is 4.14. The van der Waals surface area contributed by atoms with Gasteiger partial charge in [-0.1, -0.05) is 12.1 Å². The normalized spacial score (nSPS) is 19.3. The number of hydrogen-bond acceptors (Lipinski definition) is 4. The zero-order chi connectivity index (χ0) is 13.8. The van der Waals surface area contributed by atoms with E-state index in [4.69, 9.17) is 16.2 Å². The van der Waals surface area contributed by atoms with Crippen molar-refractivity contribution in [1.82, 2.24) is 0 Å². The van der Waals surface area contributed by atoms with Gasteiger partial charge < -0.3 is 16.2 Å². The van der Waals surface area contributed by atoms with Gasteiger partial charge in [-0.25, -0.2) is 0 Å². The van der Waals surface area contributed by atoms with Gasteiger partial charge in [0, 0.05) is 24.0 Å². The van der Waals surface area contributed by atoms with Gasteiger partial charge in [0.2, 0.25) is 0 Å². The van der Waals surface area contributed by atoms with E-state index in [9.17, 15) is 0 Å². The van der Waals surface area contributed by atoms with Crippen LogP contribution < -0.4 is 11.5 Å². The first-order valence-corrected chi connectivity index (χ1v) is 5.92. The fourth-order valence-corrected chi connectivity index (χ4v) is 1.87. The number of hydrogen-bond donors (Lipinski definition) is 2. The van der Waals surface area contributed by atoms with Crippen LogP contribution in [-0.4, -0.2) is 19.9 Å². The molecular weight excluding hydrogens is 238 g/mol. The summed E-state index contributed by atoms with van der Waals surface area (Å²) in [5.41, 5.74) is 15.9. The van der Waals surface area contributed by atoms with E-state index >= 15 is 0 Å². The van der Waals surface area contributed by atoms with Crippen LogP contribution in [0, 0.1) is 0 Å². The van der Waals surface area contributed by atoms with E-state index in [-0.39, 0.29) is 0 Å². The Bertz CT molecular complexity index is 592. The summed E-state index contributed by atoms with van der Waals surface area (Å²) >= 11 is 0. The van der Waals surface area contributed by atoms with Gasteiger partial charge in [0.25, 0.3) is 0 Å². The van der Waals surface area contributed by atoms with Crippen LogP contribution in [-0.2, 0) is 4.74 Å². The lowest BCUT2D eigenvalue weighted by atomic mass is 9.98. The fraction of sp³-hybridized carbons (Fsp3) is 0.133. The van der Waals surface area contributed by atoms with Crippen LogP contribution >= 0.6 is 0 Å². The third-order valence-electron chi connectivity index (χ3n) is 2.96. The largest absolute Gasteiger partial charge is 0.497 e. The average Bonchev–Trinajstić information content (AvgIpc) is 2.46. The molecule has 4 heteroatoms. The molecular formula is C15H17N3O. The number of nitrogens with zero attached hydrogens (tertiary/aromatic N) is 1. The lowest BCUT2D eigenvalue weighted by Gasteiger charge is -2.14. The Hall–Kier alpha value is -2.49. The lowest BCUT2D eigenvalue weighted by molar-refractivity contribution is 0.306. The molecule has 19 heavy (non-hydrogen) atoms. The van der Waals surface area contributed by atoms with E-state index in [0.717, 1.165) is 22.6 Å². The van der Waals surface area contributed by atoms with Crippen molar-refractivity contribution >= 4 is 17.1 Å². The van der Waals surface area contributed by atoms with Crippen molar-refractivity contribution in [3.63, 3.8) is 0 Å². The average molecular weight is 255 g/mol. The highest BCUT2D eigenvalue weighted by atomic mass is 16.5. The van der Waals surface area contributed by atoms with Crippen molar-refractivity contribution in [1.29, 1.82) is 0 Å². The van der Waals surface area contributed by atoms with Gasteiger partial charge in [0.15, 0.2) is 0 Å². The summed E-state index contributed by atoms with van der Waals surface area (Å²) < 4.78 is 5.23. The van der Waals surface area contributed by atoms with Gasteiger partial charge in [-0.3, -0.25) is 4.99 Å². The van der Waals surface area contributed by atoms with E-state index in [1.807, 2.05) is 42.5 Å². The van der Waals surface area contributed by atoms with E-state index in [2.05, 4.69) is 4.99 Å². The molecule has 0 spiro atoms. The smallest absolute Gasteiger partial charge is 0.119 e. The third-order valence-corrected chi connectivity index (χ3v) is 2.96. The molecule has 0 heterocycles. The summed E-state index contributed by atoms with van der Waals surface area (Å²) in [5.74, 6) is 0.751. The fourth-order valence-electron chi connectivity index (χ4n) is 1.87. The topological polar surface area (TPSA) is 73.6 Å². The molecule has 2 rings (SSSR count). The summed E-state index contributed by atoms with van der Waals surface area (Å²) in [6, 6.07) is 7.43. The van der Waals surface area contributed by atoms with Crippen LogP contribution in [0.1, 0.15) is 5.56 Å². The maximum absolute atomic E-state index is 6.23. The van der Waals surface area contributed by atoms with Crippen LogP contribution in [0.25, 0.3) is 5.70 Å². The standard InChI is InChI=1S/C15H17N3O/c1-18-14-8-7-12(19-2)9-13(14)15(17)10-3-5-11(16)6-4-10/h3-9H,16-17H2,1-2H3/b15-13+,18-14-. The minimum atomic E-state index is 0.652. The number of ether oxygens (including phenoxy) is 1. The summed E-state index contributed by atoms with van der Waals surface area (Å²) in [6.45, 7) is 0. The summed E-state index contributed by atoms with van der Waals surface area (Å²) in [5, 5.41) is 0. The molecule has 1 aliphatic carbocycles. The molecule has 0 aliphatic heterocycles. The Balaban J connectivity index is 2.51. The number of nitrogen functional groups attached to an aromatic ring is 1. The number of allylic oxidation sites excluding steroid dienone is 4. The Labute approximate surface area is 112 Å². The zero-order valence-corrected chi connectivity index (χ0v) is 11.1. The van der Waals surface area contributed by atoms with Crippen molar-refractivity contribution in [3.05, 3.63) is 59.4 Å². The summed E-state index contributed by atoms with van der Waals surface area (Å²) in [4.78, 5) is 4.23. The number of methoxy groups -OCH3 is 1. The maximum atomic E-state index is 6.23. The van der Waals surface area contributed by atoms with E-state index < -0.39 is 0 Å². The first-order valence-electron chi connectivity index (χ1n) is 5.92. The predicted octanol–water partition coefficient (Wildman–Crippen LogP) is 2.11. The molecule has 1 aliphatic rings. The number of anilines is 1. The molecule has 98 valence electrons. The highest BCUT2D eigenvalue weighted by Crippen LogP contribution is 2.22. The van der Waals surface area contributed by atoms with E-state index in [1.165, 1.54) is 0 Å². The predicted molar refractivity (Wildman–Crippen MR) is 79.6 cm³/mol. The Kier molecular flexibility index (Phi) is 3.71. The Morgan fingerprint density at radius 3 is 2.42 bits per heavy atom. The quantitative estimate of drug-likeness (QED) is 0.795. The van der Waals surface area contributed by atoms with E-state index in [1.54, 1.807) is 14.2 Å². The third kappa shape index (κ3) is 2.68. The molecule has 0 saturated carbocycles. The van der Waals surface area contributed by atoms with Gasteiger partial charge >= 0.3 is 0 Å².